The topological polar surface area (TPSA) is 89.4 Å². The number of amides is 2. The number of piperidine rings is 1. The second-order valence-electron chi connectivity index (χ2n) is 4.66. The predicted octanol–water partition coefficient (Wildman–Crippen LogP) is 0.396. The number of hydrogen-bond donors (Lipinski definition) is 2. The van der Waals surface area contributed by atoms with Gasteiger partial charge in [0.15, 0.2) is 0 Å². The molecule has 2 heterocycles. The highest BCUT2D eigenvalue weighted by Gasteiger charge is 2.28. The fourth-order valence-electron chi connectivity index (χ4n) is 2.21. The first kappa shape index (κ1) is 14.6. The van der Waals surface area contributed by atoms with Gasteiger partial charge in [0.1, 0.15) is 0 Å². The van der Waals surface area contributed by atoms with Crippen LogP contribution in [0, 0.1) is 17.8 Å². The van der Waals surface area contributed by atoms with Gasteiger partial charge in [0.2, 0.25) is 5.91 Å². The molecule has 2 rings (SSSR count). The Morgan fingerprint density at radius 2 is 2.25 bits per heavy atom. The first-order valence-electron chi connectivity index (χ1n) is 6.49. The van der Waals surface area contributed by atoms with E-state index in [1.165, 1.54) is 11.3 Å². The van der Waals surface area contributed by atoms with Gasteiger partial charge in [-0.1, -0.05) is 11.8 Å². The number of nitrogens with zero attached hydrogens (tertiary/aromatic N) is 1. The zero-order valence-corrected chi connectivity index (χ0v) is 11.9. The first-order valence-corrected chi connectivity index (χ1v) is 7.31. The van der Waals surface area contributed by atoms with Gasteiger partial charge in [0, 0.05) is 13.1 Å². The zero-order chi connectivity index (χ0) is 14.5. The van der Waals surface area contributed by atoms with E-state index in [4.69, 9.17) is 11.5 Å². The van der Waals surface area contributed by atoms with E-state index in [9.17, 15) is 9.59 Å². The summed E-state index contributed by atoms with van der Waals surface area (Å²) in [4.78, 5) is 26.8. The molecule has 1 saturated heterocycles. The zero-order valence-electron chi connectivity index (χ0n) is 11.1. The normalized spacial score (nSPS) is 18.2. The van der Waals surface area contributed by atoms with Crippen LogP contribution in [0.1, 0.15) is 27.4 Å². The van der Waals surface area contributed by atoms with Crippen molar-refractivity contribution >= 4 is 23.2 Å². The van der Waals surface area contributed by atoms with Crippen molar-refractivity contribution in [3.05, 3.63) is 21.9 Å². The second kappa shape index (κ2) is 6.55. The van der Waals surface area contributed by atoms with Crippen LogP contribution in [0.25, 0.3) is 0 Å². The lowest BCUT2D eigenvalue weighted by Gasteiger charge is -2.30. The van der Waals surface area contributed by atoms with E-state index >= 15 is 0 Å². The number of nitrogens with two attached hydrogens (primary N) is 2. The number of thiophene rings is 1. The molecule has 1 atom stereocenters. The minimum absolute atomic E-state index is 0.0539. The molecular formula is C14H17N3O2S. The average Bonchev–Trinajstić information content (AvgIpc) is 2.93. The molecule has 0 spiro atoms. The van der Waals surface area contributed by atoms with Crippen LogP contribution in [0.2, 0.25) is 0 Å². The number of rotatable bonds is 2. The average molecular weight is 291 g/mol. The van der Waals surface area contributed by atoms with Crippen LogP contribution in [0.4, 0.5) is 0 Å². The summed E-state index contributed by atoms with van der Waals surface area (Å²) in [7, 11) is 0. The maximum Gasteiger partial charge on any atom is 0.263 e. The predicted molar refractivity (Wildman–Crippen MR) is 78.1 cm³/mol. The molecule has 4 N–H and O–H groups in total. The third kappa shape index (κ3) is 3.38. The Kier molecular flexibility index (Phi) is 4.77. The lowest BCUT2D eigenvalue weighted by molar-refractivity contribution is -0.123. The molecule has 1 unspecified atom stereocenters. The van der Waals surface area contributed by atoms with Crippen molar-refractivity contribution in [2.45, 2.75) is 12.8 Å². The Morgan fingerprint density at radius 1 is 1.45 bits per heavy atom. The highest BCUT2D eigenvalue weighted by atomic mass is 32.1. The number of primary amides is 1. The van der Waals surface area contributed by atoms with Gasteiger partial charge >= 0.3 is 0 Å². The van der Waals surface area contributed by atoms with Crippen LogP contribution in [0.5, 0.6) is 0 Å². The SMILES string of the molecule is NCC#Cc1ccc(C(=O)N2CCCC(C(N)=O)C2)s1. The Balaban J connectivity index is 2.07. The van der Waals surface area contributed by atoms with Crippen LogP contribution < -0.4 is 11.5 Å². The van der Waals surface area contributed by atoms with E-state index in [1.807, 2.05) is 6.07 Å². The molecule has 106 valence electrons. The largest absolute Gasteiger partial charge is 0.369 e. The molecule has 6 heteroatoms. The summed E-state index contributed by atoms with van der Waals surface area (Å²) >= 11 is 1.35. The van der Waals surface area contributed by atoms with Crippen molar-refractivity contribution in [3.8, 4) is 11.8 Å². The van der Waals surface area contributed by atoms with Crippen molar-refractivity contribution < 1.29 is 9.59 Å². The van der Waals surface area contributed by atoms with Crippen molar-refractivity contribution in [3.63, 3.8) is 0 Å². The fraction of sp³-hybridized carbons (Fsp3) is 0.429. The summed E-state index contributed by atoms with van der Waals surface area (Å²) in [6.45, 7) is 1.38. The quantitative estimate of drug-likeness (QED) is 0.773. The molecular weight excluding hydrogens is 274 g/mol. The second-order valence-corrected chi connectivity index (χ2v) is 5.75. The van der Waals surface area contributed by atoms with Gasteiger partial charge in [-0.3, -0.25) is 9.59 Å². The summed E-state index contributed by atoms with van der Waals surface area (Å²) in [5.74, 6) is 5.05. The van der Waals surface area contributed by atoms with Crippen LogP contribution >= 0.6 is 11.3 Å². The molecule has 0 saturated carbocycles. The molecule has 2 amide bonds. The summed E-state index contributed by atoms with van der Waals surface area (Å²) in [5, 5.41) is 0. The fourth-order valence-corrected chi connectivity index (χ4v) is 3.06. The minimum Gasteiger partial charge on any atom is -0.369 e. The molecule has 1 aromatic rings. The van der Waals surface area contributed by atoms with E-state index < -0.39 is 0 Å². The van der Waals surface area contributed by atoms with E-state index in [0.717, 1.165) is 17.7 Å². The molecule has 1 fully saturated rings. The summed E-state index contributed by atoms with van der Waals surface area (Å²) < 4.78 is 0. The van der Waals surface area contributed by atoms with Gasteiger partial charge in [-0.25, -0.2) is 0 Å². The molecule has 0 bridgehead atoms. The number of carbonyl (C=O) groups is 2. The maximum atomic E-state index is 12.4. The Hall–Kier alpha value is -1.84. The molecule has 5 nitrogen and oxygen atoms in total. The minimum atomic E-state index is -0.330. The first-order chi connectivity index (χ1) is 9.61. The number of hydrogen-bond acceptors (Lipinski definition) is 4. The van der Waals surface area contributed by atoms with Gasteiger partial charge in [0.05, 0.1) is 22.2 Å². The van der Waals surface area contributed by atoms with Crippen molar-refractivity contribution in [2.24, 2.45) is 17.4 Å². The van der Waals surface area contributed by atoms with Crippen molar-refractivity contribution in [2.75, 3.05) is 19.6 Å². The van der Waals surface area contributed by atoms with Gasteiger partial charge in [-0.05, 0) is 25.0 Å². The summed E-state index contributed by atoms with van der Waals surface area (Å²) in [6.07, 6.45) is 1.57. The molecule has 0 radical (unpaired) electrons. The van der Waals surface area contributed by atoms with Gasteiger partial charge < -0.3 is 16.4 Å². The van der Waals surface area contributed by atoms with Gasteiger partial charge in [-0.2, -0.15) is 0 Å². The summed E-state index contributed by atoms with van der Waals surface area (Å²) in [6, 6.07) is 3.58. The van der Waals surface area contributed by atoms with Crippen molar-refractivity contribution in [1.29, 1.82) is 0 Å². The Bertz CT molecular complexity index is 570. The van der Waals surface area contributed by atoms with E-state index in [-0.39, 0.29) is 17.7 Å². The van der Waals surface area contributed by atoms with Crippen LogP contribution in [-0.4, -0.2) is 36.3 Å². The molecule has 1 aromatic heterocycles. The Labute approximate surface area is 121 Å². The van der Waals surface area contributed by atoms with Crippen LogP contribution in [-0.2, 0) is 4.79 Å². The highest BCUT2D eigenvalue weighted by Crippen LogP contribution is 2.22. The van der Waals surface area contributed by atoms with Crippen LogP contribution in [0.15, 0.2) is 12.1 Å². The van der Waals surface area contributed by atoms with Crippen LogP contribution in [0.3, 0.4) is 0 Å². The smallest absolute Gasteiger partial charge is 0.263 e. The van der Waals surface area contributed by atoms with Crippen molar-refractivity contribution in [1.82, 2.24) is 4.90 Å². The van der Waals surface area contributed by atoms with Gasteiger partial charge in [0.25, 0.3) is 5.91 Å². The Morgan fingerprint density at radius 3 is 2.95 bits per heavy atom. The number of carbonyl (C=O) groups excluding carboxylic acids is 2. The van der Waals surface area contributed by atoms with Gasteiger partial charge in [-0.15, -0.1) is 11.3 Å². The third-order valence-electron chi connectivity index (χ3n) is 3.24. The van der Waals surface area contributed by atoms with E-state index in [1.54, 1.807) is 11.0 Å². The maximum absolute atomic E-state index is 12.4. The molecule has 1 aliphatic heterocycles. The van der Waals surface area contributed by atoms with E-state index in [0.29, 0.717) is 24.5 Å². The standard InChI is InChI=1S/C14H17N3O2S/c15-7-1-4-11-5-6-12(20-11)14(19)17-8-2-3-10(9-17)13(16)18/h5-6,10H,2-3,7-9,15H2,(H2,16,18). The summed E-state index contributed by atoms with van der Waals surface area (Å²) in [5.41, 5.74) is 10.6. The molecule has 0 aliphatic carbocycles. The lowest BCUT2D eigenvalue weighted by atomic mass is 9.97. The molecule has 0 aromatic carbocycles. The van der Waals surface area contributed by atoms with E-state index in [2.05, 4.69) is 11.8 Å². The third-order valence-corrected chi connectivity index (χ3v) is 4.23. The highest BCUT2D eigenvalue weighted by molar-refractivity contribution is 7.14. The molecule has 20 heavy (non-hydrogen) atoms. The monoisotopic (exact) mass is 291 g/mol. The molecule has 1 aliphatic rings. The lowest BCUT2D eigenvalue weighted by Crippen LogP contribution is -2.43. The number of likely N-dealkylation sites (tertiary alicyclic amines) is 1.